The van der Waals surface area contributed by atoms with E-state index in [-0.39, 0.29) is 0 Å². The molecule has 1 aromatic carbocycles. The zero-order valence-corrected chi connectivity index (χ0v) is 9.95. The Balaban J connectivity index is 3.23. The van der Waals surface area contributed by atoms with Crippen LogP contribution in [0.25, 0.3) is 0 Å². The molecule has 1 rings (SSSR count). The van der Waals surface area contributed by atoms with Crippen molar-refractivity contribution in [2.75, 3.05) is 0 Å². The van der Waals surface area contributed by atoms with Crippen molar-refractivity contribution in [2.24, 2.45) is 0 Å². The molecule has 0 spiro atoms. The van der Waals surface area contributed by atoms with Gasteiger partial charge in [-0.05, 0) is 24.6 Å². The normalized spacial score (nSPS) is 15.1. The summed E-state index contributed by atoms with van der Waals surface area (Å²) in [6.07, 6.45) is 0.794. The van der Waals surface area contributed by atoms with Crippen LogP contribution in [-0.4, -0.2) is 6.29 Å². The summed E-state index contributed by atoms with van der Waals surface area (Å²) in [5, 5.41) is 1.04. The van der Waals surface area contributed by atoms with Gasteiger partial charge in [0.05, 0.1) is 0 Å². The monoisotopic (exact) mass is 280 g/mol. The molecule has 1 aromatic rings. The molecule has 13 heavy (non-hydrogen) atoms. The zero-order valence-electron chi connectivity index (χ0n) is 6.85. The van der Waals surface area contributed by atoms with Crippen molar-refractivity contribution in [1.29, 1.82) is 0 Å². The molecule has 0 aliphatic heterocycles. The van der Waals surface area contributed by atoms with Crippen LogP contribution >= 0.6 is 39.1 Å². The van der Waals surface area contributed by atoms with E-state index in [9.17, 15) is 4.79 Å². The zero-order chi connectivity index (χ0) is 10.1. The van der Waals surface area contributed by atoms with Crippen molar-refractivity contribution >= 4 is 45.4 Å². The van der Waals surface area contributed by atoms with Crippen LogP contribution in [0, 0.1) is 0 Å². The van der Waals surface area contributed by atoms with Gasteiger partial charge in [0, 0.05) is 10.0 Å². The van der Waals surface area contributed by atoms with Gasteiger partial charge in [0.15, 0.2) is 0 Å². The van der Waals surface area contributed by atoms with Crippen LogP contribution in [0.15, 0.2) is 18.2 Å². The van der Waals surface area contributed by atoms with Crippen LogP contribution in [0.4, 0.5) is 0 Å². The second kappa shape index (κ2) is 3.99. The molecule has 0 saturated heterocycles. The third-order valence-corrected chi connectivity index (χ3v) is 2.84. The summed E-state index contributed by atoms with van der Waals surface area (Å²) in [4.78, 5) is 10.7. The third-order valence-electron chi connectivity index (χ3n) is 1.68. The molecular formula is C9H7BrCl2O. The highest BCUT2D eigenvalue weighted by molar-refractivity contribution is 9.10. The molecule has 1 unspecified atom stereocenters. The van der Waals surface area contributed by atoms with E-state index in [0.29, 0.717) is 15.6 Å². The van der Waals surface area contributed by atoms with E-state index in [0.717, 1.165) is 6.29 Å². The molecule has 1 nitrogen and oxygen atoms in total. The van der Waals surface area contributed by atoms with E-state index >= 15 is 0 Å². The minimum absolute atomic E-state index is 0.485. The predicted molar refractivity (Wildman–Crippen MR) is 58.8 cm³/mol. The first kappa shape index (κ1) is 11.0. The Kier molecular flexibility index (Phi) is 3.38. The summed E-state index contributed by atoms with van der Waals surface area (Å²) in [7, 11) is 0. The Bertz CT molecular complexity index is 336. The van der Waals surface area contributed by atoms with Crippen LogP contribution in [-0.2, 0) is 9.12 Å². The highest BCUT2D eigenvalue weighted by Gasteiger charge is 2.24. The van der Waals surface area contributed by atoms with Crippen molar-refractivity contribution in [3.05, 3.63) is 33.8 Å². The van der Waals surface area contributed by atoms with Crippen LogP contribution in [0.1, 0.15) is 12.5 Å². The smallest absolute Gasteiger partial charge is 0.140 e. The third kappa shape index (κ3) is 2.46. The Morgan fingerprint density at radius 2 is 2.08 bits per heavy atom. The van der Waals surface area contributed by atoms with Gasteiger partial charge in [-0.3, -0.25) is 0 Å². The molecule has 0 aliphatic carbocycles. The maximum absolute atomic E-state index is 10.7. The van der Waals surface area contributed by atoms with Crippen LogP contribution < -0.4 is 0 Å². The summed E-state index contributed by atoms with van der Waals surface area (Å²) in [5.41, 5.74) is 0.716. The number of aldehydes is 1. The Morgan fingerprint density at radius 1 is 1.46 bits per heavy atom. The fourth-order valence-corrected chi connectivity index (χ4v) is 2.01. The van der Waals surface area contributed by atoms with Crippen molar-refractivity contribution in [1.82, 2.24) is 0 Å². The van der Waals surface area contributed by atoms with Crippen LogP contribution in [0.3, 0.4) is 0 Å². The number of benzene rings is 1. The minimum atomic E-state index is -0.741. The molecule has 70 valence electrons. The summed E-state index contributed by atoms with van der Waals surface area (Å²) >= 11 is 14.9. The summed E-state index contributed by atoms with van der Waals surface area (Å²) in [6, 6.07) is 5.04. The largest absolute Gasteiger partial charge is 0.301 e. The van der Waals surface area contributed by atoms with Gasteiger partial charge in [-0.2, -0.15) is 0 Å². The predicted octanol–water partition coefficient (Wildman–Crippen LogP) is 3.80. The Hall–Kier alpha value is -0.0500. The van der Waals surface area contributed by atoms with E-state index in [1.54, 1.807) is 25.1 Å². The molecule has 4 heteroatoms. The lowest BCUT2D eigenvalue weighted by Gasteiger charge is -2.16. The lowest BCUT2D eigenvalue weighted by atomic mass is 10.0. The standard InChI is InChI=1S/C9H7BrCl2O/c1-9(10,5-13)7-3-2-6(11)4-8(7)12/h2-5H,1H3. The molecule has 0 radical (unpaired) electrons. The number of carbonyl (C=O) groups is 1. The molecule has 0 aromatic heterocycles. The second-order valence-electron chi connectivity index (χ2n) is 2.82. The molecule has 0 N–H and O–H groups in total. The number of halogens is 3. The first-order valence-corrected chi connectivity index (χ1v) is 5.13. The van der Waals surface area contributed by atoms with E-state index in [1.807, 2.05) is 0 Å². The van der Waals surface area contributed by atoms with E-state index in [4.69, 9.17) is 23.2 Å². The van der Waals surface area contributed by atoms with Gasteiger partial charge in [0.1, 0.15) is 10.6 Å². The molecule has 0 amide bonds. The SMILES string of the molecule is CC(Br)(C=O)c1ccc(Cl)cc1Cl. The van der Waals surface area contributed by atoms with Gasteiger partial charge in [0.25, 0.3) is 0 Å². The van der Waals surface area contributed by atoms with E-state index < -0.39 is 4.32 Å². The number of hydrogen-bond donors (Lipinski definition) is 0. The topological polar surface area (TPSA) is 17.1 Å². The fraction of sp³-hybridized carbons (Fsp3) is 0.222. The van der Waals surface area contributed by atoms with Crippen LogP contribution in [0.2, 0.25) is 10.0 Å². The molecule has 0 fully saturated rings. The Morgan fingerprint density at radius 3 is 2.54 bits per heavy atom. The Labute approximate surface area is 95.2 Å². The minimum Gasteiger partial charge on any atom is -0.301 e. The average molecular weight is 282 g/mol. The number of hydrogen-bond acceptors (Lipinski definition) is 1. The summed E-state index contributed by atoms with van der Waals surface area (Å²) in [5.74, 6) is 0. The number of carbonyl (C=O) groups excluding carboxylic acids is 1. The van der Waals surface area contributed by atoms with Gasteiger partial charge in [-0.15, -0.1) is 0 Å². The molecule has 0 bridgehead atoms. The molecule has 0 saturated carbocycles. The maximum Gasteiger partial charge on any atom is 0.140 e. The van der Waals surface area contributed by atoms with E-state index in [1.165, 1.54) is 0 Å². The molecule has 0 heterocycles. The van der Waals surface area contributed by atoms with Gasteiger partial charge in [0.2, 0.25) is 0 Å². The van der Waals surface area contributed by atoms with Gasteiger partial charge in [-0.1, -0.05) is 45.2 Å². The quantitative estimate of drug-likeness (QED) is 0.595. The summed E-state index contributed by atoms with van der Waals surface area (Å²) < 4.78 is -0.741. The van der Waals surface area contributed by atoms with Crippen molar-refractivity contribution in [3.8, 4) is 0 Å². The fourth-order valence-electron chi connectivity index (χ4n) is 0.949. The first-order valence-electron chi connectivity index (χ1n) is 3.58. The highest BCUT2D eigenvalue weighted by atomic mass is 79.9. The van der Waals surface area contributed by atoms with E-state index in [2.05, 4.69) is 15.9 Å². The molecule has 1 atom stereocenters. The average Bonchev–Trinajstić information content (AvgIpc) is 2.03. The first-order chi connectivity index (χ1) is 5.97. The molecular weight excluding hydrogens is 275 g/mol. The highest BCUT2D eigenvalue weighted by Crippen LogP contribution is 2.34. The van der Waals surface area contributed by atoms with Gasteiger partial charge < -0.3 is 4.79 Å². The second-order valence-corrected chi connectivity index (χ2v) is 5.31. The lowest BCUT2D eigenvalue weighted by Crippen LogP contribution is -2.14. The lowest BCUT2D eigenvalue weighted by molar-refractivity contribution is -0.109. The maximum atomic E-state index is 10.7. The van der Waals surface area contributed by atoms with Gasteiger partial charge >= 0.3 is 0 Å². The van der Waals surface area contributed by atoms with Crippen molar-refractivity contribution in [3.63, 3.8) is 0 Å². The van der Waals surface area contributed by atoms with Gasteiger partial charge in [-0.25, -0.2) is 0 Å². The van der Waals surface area contributed by atoms with Crippen molar-refractivity contribution in [2.45, 2.75) is 11.2 Å². The number of alkyl halides is 1. The molecule has 0 aliphatic rings. The van der Waals surface area contributed by atoms with Crippen LogP contribution in [0.5, 0.6) is 0 Å². The number of rotatable bonds is 2. The summed E-state index contributed by atoms with van der Waals surface area (Å²) in [6.45, 7) is 1.73. The van der Waals surface area contributed by atoms with Crippen molar-refractivity contribution < 1.29 is 4.79 Å².